The van der Waals surface area contributed by atoms with Crippen LogP contribution in [0.25, 0.3) is 16.9 Å². The van der Waals surface area contributed by atoms with Gasteiger partial charge in [0.2, 0.25) is 0 Å². The fraction of sp³-hybridized carbons (Fsp3) is 0.0500. The Hall–Kier alpha value is -2.99. The van der Waals surface area contributed by atoms with Gasteiger partial charge in [0, 0.05) is 23.7 Å². The predicted molar refractivity (Wildman–Crippen MR) is 101 cm³/mol. The van der Waals surface area contributed by atoms with Crippen molar-refractivity contribution in [2.75, 3.05) is 0 Å². The van der Waals surface area contributed by atoms with Crippen molar-refractivity contribution in [3.05, 3.63) is 90.5 Å². The monoisotopic (exact) mass is 362 g/mol. The summed E-state index contributed by atoms with van der Waals surface area (Å²) in [5.74, 6) is 0.334. The highest BCUT2D eigenvalue weighted by Gasteiger charge is 2.05. The number of halogens is 1. The van der Waals surface area contributed by atoms with Crippen LogP contribution in [0.2, 0.25) is 0 Å². The Morgan fingerprint density at radius 1 is 0.885 bits per heavy atom. The molecule has 4 nitrogen and oxygen atoms in total. The number of hydrogen-bond acceptors (Lipinski definition) is 4. The van der Waals surface area contributed by atoms with Crippen LogP contribution in [0.3, 0.4) is 0 Å². The van der Waals surface area contributed by atoms with Crippen LogP contribution in [0, 0.1) is 5.82 Å². The largest absolute Gasteiger partial charge is 0.241 e. The van der Waals surface area contributed by atoms with Gasteiger partial charge in [0.05, 0.1) is 11.4 Å². The molecule has 26 heavy (non-hydrogen) atoms. The molecule has 0 unspecified atom stereocenters. The maximum Gasteiger partial charge on any atom is 0.127 e. The Bertz CT molecular complexity index is 983. The molecule has 0 bridgehead atoms. The van der Waals surface area contributed by atoms with Crippen LogP contribution in [-0.4, -0.2) is 20.0 Å². The van der Waals surface area contributed by atoms with E-state index >= 15 is 0 Å². The van der Waals surface area contributed by atoms with E-state index in [0.717, 1.165) is 22.0 Å². The standard InChI is InChI=1S/C20H15FN4S/c21-18-5-2-1-4-16(18)14-26-20-11-10-19(23-24-20)15-6-8-17(9-7-15)25-13-3-12-22-25/h1-13H,14H2. The number of benzene rings is 2. The normalized spacial score (nSPS) is 10.8. The zero-order chi connectivity index (χ0) is 17.8. The number of thioether (sulfide) groups is 1. The van der Waals surface area contributed by atoms with Crippen LogP contribution in [0.4, 0.5) is 4.39 Å². The Morgan fingerprint density at radius 2 is 1.73 bits per heavy atom. The molecule has 0 aliphatic heterocycles. The van der Waals surface area contributed by atoms with Crippen molar-refractivity contribution in [3.8, 4) is 16.9 Å². The number of hydrogen-bond donors (Lipinski definition) is 0. The molecule has 0 amide bonds. The van der Waals surface area contributed by atoms with Crippen LogP contribution in [-0.2, 0) is 5.75 Å². The van der Waals surface area contributed by atoms with E-state index in [1.165, 1.54) is 17.8 Å². The molecular formula is C20H15FN4S. The van der Waals surface area contributed by atoms with E-state index in [1.54, 1.807) is 23.0 Å². The molecule has 0 saturated carbocycles. The molecule has 0 aliphatic rings. The van der Waals surface area contributed by atoms with Crippen molar-refractivity contribution in [2.24, 2.45) is 0 Å². The van der Waals surface area contributed by atoms with Gasteiger partial charge in [-0.05, 0) is 42.0 Å². The van der Waals surface area contributed by atoms with Gasteiger partial charge in [-0.25, -0.2) is 9.07 Å². The number of rotatable bonds is 5. The minimum atomic E-state index is -0.193. The molecule has 0 atom stereocenters. The fourth-order valence-corrected chi connectivity index (χ4v) is 3.32. The molecule has 2 aromatic carbocycles. The molecule has 0 fully saturated rings. The average Bonchev–Trinajstić information content (AvgIpc) is 3.23. The molecule has 0 saturated heterocycles. The third kappa shape index (κ3) is 3.65. The molecule has 4 aromatic rings. The van der Waals surface area contributed by atoms with Crippen LogP contribution < -0.4 is 0 Å². The molecule has 0 spiro atoms. The molecule has 2 heterocycles. The molecule has 4 rings (SSSR count). The van der Waals surface area contributed by atoms with Gasteiger partial charge in [0.1, 0.15) is 10.8 Å². The third-order valence-electron chi connectivity index (χ3n) is 3.91. The topological polar surface area (TPSA) is 43.6 Å². The van der Waals surface area contributed by atoms with Crippen LogP contribution in [0.1, 0.15) is 5.56 Å². The lowest BCUT2D eigenvalue weighted by Crippen LogP contribution is -1.94. The highest BCUT2D eigenvalue weighted by Crippen LogP contribution is 2.24. The lowest BCUT2D eigenvalue weighted by molar-refractivity contribution is 0.617. The van der Waals surface area contributed by atoms with Crippen molar-refractivity contribution >= 4 is 11.8 Å². The summed E-state index contributed by atoms with van der Waals surface area (Å²) in [5, 5.41) is 13.5. The molecule has 2 aromatic heterocycles. The summed E-state index contributed by atoms with van der Waals surface area (Å²) in [6, 6.07) is 20.5. The Balaban J connectivity index is 1.45. The first-order valence-corrected chi connectivity index (χ1v) is 9.08. The Kier molecular flexibility index (Phi) is 4.75. The van der Waals surface area contributed by atoms with Crippen LogP contribution in [0.5, 0.6) is 0 Å². The van der Waals surface area contributed by atoms with Gasteiger partial charge in [-0.1, -0.05) is 42.1 Å². The maximum absolute atomic E-state index is 13.7. The first kappa shape index (κ1) is 16.5. The summed E-state index contributed by atoms with van der Waals surface area (Å²) in [5.41, 5.74) is 3.44. The summed E-state index contributed by atoms with van der Waals surface area (Å²) < 4.78 is 15.5. The minimum Gasteiger partial charge on any atom is -0.241 e. The lowest BCUT2D eigenvalue weighted by atomic mass is 10.1. The molecular weight excluding hydrogens is 347 g/mol. The Labute approximate surface area is 154 Å². The number of nitrogens with zero attached hydrogens (tertiary/aromatic N) is 4. The molecule has 6 heteroatoms. The van der Waals surface area contributed by atoms with E-state index in [1.807, 2.05) is 54.7 Å². The SMILES string of the molecule is Fc1ccccc1CSc1ccc(-c2ccc(-n3cccn3)cc2)nn1. The maximum atomic E-state index is 13.7. The lowest BCUT2D eigenvalue weighted by Gasteiger charge is -2.05. The smallest absolute Gasteiger partial charge is 0.127 e. The first-order valence-electron chi connectivity index (χ1n) is 8.10. The van der Waals surface area contributed by atoms with Gasteiger partial charge in [-0.3, -0.25) is 0 Å². The third-order valence-corrected chi connectivity index (χ3v) is 4.87. The summed E-state index contributed by atoms with van der Waals surface area (Å²) in [6.45, 7) is 0. The van der Waals surface area contributed by atoms with Crippen molar-refractivity contribution < 1.29 is 4.39 Å². The van der Waals surface area contributed by atoms with Gasteiger partial charge in [-0.15, -0.1) is 10.2 Å². The second kappa shape index (κ2) is 7.49. The number of aromatic nitrogens is 4. The molecule has 0 aliphatic carbocycles. The fourth-order valence-electron chi connectivity index (χ4n) is 2.52. The first-order chi connectivity index (χ1) is 12.8. The highest BCUT2D eigenvalue weighted by molar-refractivity contribution is 7.98. The van der Waals surface area contributed by atoms with Crippen molar-refractivity contribution in [3.63, 3.8) is 0 Å². The summed E-state index contributed by atoms with van der Waals surface area (Å²) >= 11 is 1.47. The second-order valence-corrected chi connectivity index (χ2v) is 6.63. The van der Waals surface area contributed by atoms with Gasteiger partial charge in [0.15, 0.2) is 0 Å². The minimum absolute atomic E-state index is 0.193. The van der Waals surface area contributed by atoms with Crippen molar-refractivity contribution in [1.29, 1.82) is 0 Å². The Morgan fingerprint density at radius 3 is 2.42 bits per heavy atom. The summed E-state index contributed by atoms with van der Waals surface area (Å²) in [6.07, 6.45) is 3.65. The molecule has 128 valence electrons. The summed E-state index contributed by atoms with van der Waals surface area (Å²) in [4.78, 5) is 0. The predicted octanol–water partition coefficient (Wildman–Crippen LogP) is 4.76. The average molecular weight is 362 g/mol. The zero-order valence-corrected chi connectivity index (χ0v) is 14.6. The van der Waals surface area contributed by atoms with Gasteiger partial charge in [0.25, 0.3) is 0 Å². The van der Waals surface area contributed by atoms with E-state index in [4.69, 9.17) is 0 Å². The molecule has 0 radical (unpaired) electrons. The van der Waals surface area contributed by atoms with E-state index in [9.17, 15) is 4.39 Å². The molecule has 0 N–H and O–H groups in total. The van der Waals surface area contributed by atoms with Crippen LogP contribution in [0.15, 0.2) is 84.1 Å². The van der Waals surface area contributed by atoms with E-state index in [-0.39, 0.29) is 5.82 Å². The van der Waals surface area contributed by atoms with Crippen LogP contribution >= 0.6 is 11.8 Å². The van der Waals surface area contributed by atoms with Gasteiger partial charge in [-0.2, -0.15) is 5.10 Å². The van der Waals surface area contributed by atoms with Gasteiger partial charge < -0.3 is 0 Å². The second-order valence-electron chi connectivity index (χ2n) is 5.63. The highest BCUT2D eigenvalue weighted by atomic mass is 32.2. The quantitative estimate of drug-likeness (QED) is 0.480. The van der Waals surface area contributed by atoms with E-state index in [2.05, 4.69) is 15.3 Å². The summed E-state index contributed by atoms with van der Waals surface area (Å²) in [7, 11) is 0. The van der Waals surface area contributed by atoms with E-state index in [0.29, 0.717) is 11.3 Å². The van der Waals surface area contributed by atoms with E-state index < -0.39 is 0 Å². The zero-order valence-electron chi connectivity index (χ0n) is 13.8. The van der Waals surface area contributed by atoms with Gasteiger partial charge >= 0.3 is 0 Å². The van der Waals surface area contributed by atoms with Crippen molar-refractivity contribution in [2.45, 2.75) is 10.8 Å². The van der Waals surface area contributed by atoms with Crippen molar-refractivity contribution in [1.82, 2.24) is 20.0 Å².